The Morgan fingerprint density at radius 2 is 2.08 bits per heavy atom. The number of hydrogen-bond donors (Lipinski definition) is 2. The van der Waals surface area contributed by atoms with Gasteiger partial charge in [-0.25, -0.2) is 13.3 Å². The average molecular weight is 550 g/mol. The van der Waals surface area contributed by atoms with Gasteiger partial charge in [-0.15, -0.1) is 0 Å². The SMILES string of the molecule is C=C(F)/C=C\C(=C/C)S(=O)NC(Cc1cccc(CSC2=NC3C=C(C)C=CC3S2)n1)C(=O)O.CC. The molecule has 0 amide bonds. The second kappa shape index (κ2) is 15.1. The number of fused-ring (bicyclic) bond motifs is 1. The van der Waals surface area contributed by atoms with E-state index in [4.69, 9.17) is 4.99 Å². The third-order valence-electron chi connectivity index (χ3n) is 4.91. The predicted octanol–water partition coefficient (Wildman–Crippen LogP) is 5.89. The molecule has 6 nitrogen and oxygen atoms in total. The number of rotatable bonds is 10. The summed E-state index contributed by atoms with van der Waals surface area (Å²) in [5.74, 6) is -1.22. The number of pyridine rings is 1. The summed E-state index contributed by atoms with van der Waals surface area (Å²) in [4.78, 5) is 21.4. The van der Waals surface area contributed by atoms with Gasteiger partial charge in [-0.1, -0.05) is 79.9 Å². The van der Waals surface area contributed by atoms with Crippen molar-refractivity contribution in [1.29, 1.82) is 0 Å². The van der Waals surface area contributed by atoms with Crippen LogP contribution in [0.1, 0.15) is 39.1 Å². The minimum absolute atomic E-state index is 0.0464. The molecule has 2 heterocycles. The van der Waals surface area contributed by atoms with Crippen molar-refractivity contribution in [3.05, 3.63) is 88.9 Å². The summed E-state index contributed by atoms with van der Waals surface area (Å²) in [6.45, 7) is 10.8. The maximum Gasteiger partial charge on any atom is 0.322 e. The summed E-state index contributed by atoms with van der Waals surface area (Å²) < 4.78 is 29.0. The topological polar surface area (TPSA) is 91.7 Å². The number of hydrogen-bond acceptors (Lipinski definition) is 6. The van der Waals surface area contributed by atoms with Gasteiger partial charge < -0.3 is 5.11 Å². The molecule has 0 spiro atoms. The molecule has 4 unspecified atom stereocenters. The van der Waals surface area contributed by atoms with Crippen molar-refractivity contribution in [1.82, 2.24) is 9.71 Å². The van der Waals surface area contributed by atoms with Crippen LogP contribution in [0.3, 0.4) is 0 Å². The largest absolute Gasteiger partial charge is 0.480 e. The highest BCUT2D eigenvalue weighted by molar-refractivity contribution is 8.39. The first-order chi connectivity index (χ1) is 17.2. The molecular weight excluding hydrogens is 518 g/mol. The predicted molar refractivity (Wildman–Crippen MR) is 152 cm³/mol. The van der Waals surface area contributed by atoms with Crippen molar-refractivity contribution in [2.75, 3.05) is 0 Å². The average Bonchev–Trinajstić information content (AvgIpc) is 3.26. The number of halogens is 1. The van der Waals surface area contributed by atoms with Gasteiger partial charge in [-0.05, 0) is 38.1 Å². The zero-order chi connectivity index (χ0) is 26.7. The van der Waals surface area contributed by atoms with Crippen LogP contribution in [0.25, 0.3) is 0 Å². The molecule has 0 saturated carbocycles. The third-order valence-corrected chi connectivity index (χ3v) is 8.65. The number of thioether (sulfide) groups is 2. The number of carboxylic acid groups (broad SMARTS) is 1. The lowest BCUT2D eigenvalue weighted by Crippen LogP contribution is -2.40. The van der Waals surface area contributed by atoms with Gasteiger partial charge >= 0.3 is 5.97 Å². The molecule has 0 saturated heterocycles. The molecule has 1 aromatic rings. The second-order valence-corrected chi connectivity index (χ2v) is 11.2. The summed E-state index contributed by atoms with van der Waals surface area (Å²) >= 11 is 3.36. The molecule has 10 heteroatoms. The first-order valence-corrected chi connectivity index (χ1v) is 14.5. The van der Waals surface area contributed by atoms with Gasteiger partial charge in [0.1, 0.15) is 27.2 Å². The molecule has 2 N–H and O–H groups in total. The van der Waals surface area contributed by atoms with Crippen LogP contribution in [-0.2, 0) is 28.0 Å². The summed E-state index contributed by atoms with van der Waals surface area (Å²) in [5, 5.41) is 9.96. The summed E-state index contributed by atoms with van der Waals surface area (Å²) in [6, 6.07) is 4.52. The van der Waals surface area contributed by atoms with Crippen molar-refractivity contribution in [3.63, 3.8) is 0 Å². The number of aliphatic imine (C=N–C) groups is 1. The van der Waals surface area contributed by atoms with E-state index in [-0.39, 0.29) is 17.4 Å². The first kappa shape index (κ1) is 30.0. The van der Waals surface area contributed by atoms with Gasteiger partial charge in [0.2, 0.25) is 0 Å². The first-order valence-electron chi connectivity index (χ1n) is 11.5. The van der Waals surface area contributed by atoms with E-state index < -0.39 is 28.8 Å². The lowest BCUT2D eigenvalue weighted by Gasteiger charge is -2.14. The van der Waals surface area contributed by atoms with Crippen molar-refractivity contribution >= 4 is 44.9 Å². The van der Waals surface area contributed by atoms with Gasteiger partial charge in [0.15, 0.2) is 0 Å². The summed E-state index contributed by atoms with van der Waals surface area (Å²) in [5.41, 5.74) is 2.60. The van der Waals surface area contributed by atoms with E-state index in [1.165, 1.54) is 17.7 Å². The Hall–Kier alpha value is -2.27. The van der Waals surface area contributed by atoms with E-state index in [2.05, 4.69) is 41.4 Å². The van der Waals surface area contributed by atoms with Crippen LogP contribution in [0.2, 0.25) is 0 Å². The second-order valence-electron chi connectivity index (χ2n) is 7.60. The molecule has 0 radical (unpaired) electrons. The smallest absolute Gasteiger partial charge is 0.322 e. The van der Waals surface area contributed by atoms with Crippen LogP contribution in [-0.4, -0.2) is 42.0 Å². The molecule has 3 rings (SSSR count). The number of carbonyl (C=O) groups is 1. The summed E-state index contributed by atoms with van der Waals surface area (Å²) in [6.07, 6.45) is 10.4. The number of allylic oxidation sites excluding steroid dienone is 6. The number of nitrogens with one attached hydrogen (secondary N) is 1. The Bertz CT molecular complexity index is 1130. The molecule has 1 aliphatic heterocycles. The minimum atomic E-state index is -1.84. The van der Waals surface area contributed by atoms with E-state index >= 15 is 0 Å². The normalized spacial score (nSPS) is 20.6. The number of nitrogens with zero attached hydrogens (tertiary/aromatic N) is 2. The van der Waals surface area contributed by atoms with Gasteiger partial charge in [-0.2, -0.15) is 0 Å². The molecule has 1 aromatic heterocycles. The minimum Gasteiger partial charge on any atom is -0.480 e. The standard InChI is InChI=1S/C24H26FN3O3S3.C2H6/c1-4-19(10-9-16(3)25)34(31)28-21(23(29)30)13-17-6-5-7-18(26-17)14-32-24-27-20-12-15(2)8-11-22(20)33-24;1-2/h4-12,20-22,28H,3,13-14H2,1-2H3,(H,29,30);1-2H3/b10-9-,19-4+;. The molecule has 36 heavy (non-hydrogen) atoms. The Balaban J connectivity index is 0.00000222. The Morgan fingerprint density at radius 1 is 1.36 bits per heavy atom. The van der Waals surface area contributed by atoms with Crippen LogP contribution in [0.5, 0.6) is 0 Å². The Morgan fingerprint density at radius 3 is 2.75 bits per heavy atom. The molecule has 0 fully saturated rings. The van der Waals surface area contributed by atoms with Crippen LogP contribution < -0.4 is 4.72 Å². The fraction of sp³-hybridized carbons (Fsp3) is 0.346. The maximum atomic E-state index is 12.9. The molecule has 4 atom stereocenters. The zero-order valence-electron chi connectivity index (χ0n) is 20.8. The number of aromatic nitrogens is 1. The van der Waals surface area contributed by atoms with Crippen LogP contribution in [0, 0.1) is 0 Å². The number of aliphatic carboxylic acids is 1. The zero-order valence-corrected chi connectivity index (χ0v) is 23.3. The highest BCUT2D eigenvalue weighted by Gasteiger charge is 2.28. The highest BCUT2D eigenvalue weighted by Crippen LogP contribution is 2.37. The van der Waals surface area contributed by atoms with Crippen molar-refractivity contribution in [2.45, 2.75) is 57.2 Å². The molecular formula is C26H32FN3O3S3. The van der Waals surface area contributed by atoms with Gasteiger partial charge in [0.05, 0.1) is 21.9 Å². The molecule has 2 aliphatic rings. The lowest BCUT2D eigenvalue weighted by molar-refractivity contribution is -0.138. The van der Waals surface area contributed by atoms with Crippen molar-refractivity contribution < 1.29 is 18.5 Å². The van der Waals surface area contributed by atoms with Gasteiger partial charge in [-0.3, -0.25) is 14.8 Å². The maximum absolute atomic E-state index is 12.9. The third kappa shape index (κ3) is 9.31. The van der Waals surface area contributed by atoms with Gasteiger partial charge in [0, 0.05) is 17.9 Å². The van der Waals surface area contributed by atoms with Crippen molar-refractivity contribution in [2.24, 2.45) is 4.99 Å². The van der Waals surface area contributed by atoms with E-state index in [9.17, 15) is 18.5 Å². The molecule has 194 valence electrons. The molecule has 1 aliphatic carbocycles. The highest BCUT2D eigenvalue weighted by atomic mass is 32.2. The van der Waals surface area contributed by atoms with E-state index in [0.717, 1.165) is 16.1 Å². The molecule has 0 bridgehead atoms. The van der Waals surface area contributed by atoms with E-state index in [1.54, 1.807) is 36.5 Å². The summed E-state index contributed by atoms with van der Waals surface area (Å²) in [7, 11) is -1.84. The van der Waals surface area contributed by atoms with E-state index in [0.29, 0.717) is 16.7 Å². The lowest BCUT2D eigenvalue weighted by atomic mass is 10.0. The fourth-order valence-corrected chi connectivity index (χ4v) is 6.47. The van der Waals surface area contributed by atoms with Crippen molar-refractivity contribution in [3.8, 4) is 0 Å². The Kier molecular flexibility index (Phi) is 12.6. The van der Waals surface area contributed by atoms with E-state index in [1.807, 2.05) is 26.0 Å². The van der Waals surface area contributed by atoms with Crippen LogP contribution in [0.4, 0.5) is 4.39 Å². The monoisotopic (exact) mass is 549 g/mol. The quantitative estimate of drug-likeness (QED) is 0.354. The van der Waals surface area contributed by atoms with Crippen LogP contribution in [0.15, 0.2) is 82.5 Å². The Labute approximate surface area is 223 Å². The molecule has 0 aromatic carbocycles. The van der Waals surface area contributed by atoms with Gasteiger partial charge in [0.25, 0.3) is 0 Å². The fourth-order valence-electron chi connectivity index (χ4n) is 3.22. The van der Waals surface area contributed by atoms with Crippen LogP contribution >= 0.6 is 23.5 Å². The number of carboxylic acids is 1.